The summed E-state index contributed by atoms with van der Waals surface area (Å²) in [5.41, 5.74) is 6.90. The first-order valence-electron chi connectivity index (χ1n) is 4.41. The lowest BCUT2D eigenvalue weighted by Gasteiger charge is -2.18. The van der Waals surface area contributed by atoms with Crippen molar-refractivity contribution >= 4 is 24.0 Å². The molecule has 0 radical (unpaired) electrons. The van der Waals surface area contributed by atoms with Crippen LogP contribution in [0.25, 0.3) is 0 Å². The highest BCUT2D eigenvalue weighted by Gasteiger charge is 2.21. The number of halogens is 1. The van der Waals surface area contributed by atoms with Crippen molar-refractivity contribution in [1.29, 1.82) is 0 Å². The Morgan fingerprint density at radius 1 is 1.53 bits per heavy atom. The van der Waals surface area contributed by atoms with E-state index in [1.165, 1.54) is 4.90 Å². The SMILES string of the molecule is Cc1noc(C)c1N(C)C(=O)C(C)N.Cl. The van der Waals surface area contributed by atoms with Gasteiger partial charge in [0.1, 0.15) is 11.4 Å². The molecule has 0 aromatic carbocycles. The minimum atomic E-state index is -0.520. The Bertz CT molecular complexity index is 330. The van der Waals surface area contributed by atoms with Gasteiger partial charge in [-0.05, 0) is 20.8 Å². The van der Waals surface area contributed by atoms with Gasteiger partial charge in [0, 0.05) is 7.05 Å². The maximum atomic E-state index is 11.6. The van der Waals surface area contributed by atoms with Gasteiger partial charge in [0.25, 0.3) is 0 Å². The van der Waals surface area contributed by atoms with E-state index in [1.807, 2.05) is 0 Å². The molecule has 0 saturated carbocycles. The fraction of sp³-hybridized carbons (Fsp3) is 0.556. The summed E-state index contributed by atoms with van der Waals surface area (Å²) >= 11 is 0. The van der Waals surface area contributed by atoms with Crippen molar-refractivity contribution in [2.75, 3.05) is 11.9 Å². The zero-order valence-corrected chi connectivity index (χ0v) is 10.1. The van der Waals surface area contributed by atoms with Gasteiger partial charge in [0.15, 0.2) is 5.76 Å². The fourth-order valence-electron chi connectivity index (χ4n) is 1.37. The lowest BCUT2D eigenvalue weighted by molar-refractivity contribution is -0.119. The Labute approximate surface area is 95.0 Å². The summed E-state index contributed by atoms with van der Waals surface area (Å²) in [6.07, 6.45) is 0. The van der Waals surface area contributed by atoms with Crippen LogP contribution in [0.3, 0.4) is 0 Å². The average molecular weight is 234 g/mol. The van der Waals surface area contributed by atoms with Crippen LogP contribution >= 0.6 is 12.4 Å². The van der Waals surface area contributed by atoms with Crippen LogP contribution in [-0.2, 0) is 4.79 Å². The molecule has 1 heterocycles. The Morgan fingerprint density at radius 3 is 2.40 bits per heavy atom. The van der Waals surface area contributed by atoms with Crippen molar-refractivity contribution in [2.24, 2.45) is 5.73 Å². The van der Waals surface area contributed by atoms with E-state index >= 15 is 0 Å². The minimum Gasteiger partial charge on any atom is -0.359 e. The number of anilines is 1. The van der Waals surface area contributed by atoms with Crippen LogP contribution in [0.2, 0.25) is 0 Å². The molecule has 15 heavy (non-hydrogen) atoms. The number of aromatic nitrogens is 1. The number of amides is 1. The fourth-order valence-corrected chi connectivity index (χ4v) is 1.37. The highest BCUT2D eigenvalue weighted by molar-refractivity contribution is 5.97. The number of nitrogens with zero attached hydrogens (tertiary/aromatic N) is 2. The van der Waals surface area contributed by atoms with Crippen molar-refractivity contribution in [3.8, 4) is 0 Å². The Morgan fingerprint density at radius 2 is 2.07 bits per heavy atom. The lowest BCUT2D eigenvalue weighted by atomic mass is 10.2. The smallest absolute Gasteiger partial charge is 0.243 e. The van der Waals surface area contributed by atoms with E-state index in [4.69, 9.17) is 10.3 Å². The zero-order chi connectivity index (χ0) is 10.9. The number of carbonyl (C=O) groups excluding carboxylic acids is 1. The zero-order valence-electron chi connectivity index (χ0n) is 9.27. The van der Waals surface area contributed by atoms with Crippen molar-refractivity contribution in [1.82, 2.24) is 5.16 Å². The predicted octanol–water partition coefficient (Wildman–Crippen LogP) is 1.02. The number of likely N-dealkylation sites (N-methyl/N-ethyl adjacent to an activating group) is 1. The number of aryl methyl sites for hydroxylation is 2. The van der Waals surface area contributed by atoms with E-state index in [-0.39, 0.29) is 18.3 Å². The first-order valence-corrected chi connectivity index (χ1v) is 4.41. The van der Waals surface area contributed by atoms with Crippen molar-refractivity contribution in [2.45, 2.75) is 26.8 Å². The summed E-state index contributed by atoms with van der Waals surface area (Å²) in [6, 6.07) is -0.520. The highest BCUT2D eigenvalue weighted by Crippen LogP contribution is 2.22. The summed E-state index contributed by atoms with van der Waals surface area (Å²) in [6.45, 7) is 5.20. The average Bonchev–Trinajstić information content (AvgIpc) is 2.44. The molecule has 0 aliphatic rings. The molecule has 1 aromatic heterocycles. The Hall–Kier alpha value is -1.07. The van der Waals surface area contributed by atoms with Crippen LogP contribution in [0.15, 0.2) is 4.52 Å². The molecule has 1 atom stereocenters. The molecule has 0 saturated heterocycles. The third-order valence-corrected chi connectivity index (χ3v) is 2.05. The van der Waals surface area contributed by atoms with Crippen LogP contribution < -0.4 is 10.6 Å². The molecule has 0 aliphatic carbocycles. The molecule has 1 amide bonds. The molecule has 0 fully saturated rings. The first kappa shape index (κ1) is 13.9. The van der Waals surface area contributed by atoms with E-state index in [9.17, 15) is 4.79 Å². The molecular weight excluding hydrogens is 218 g/mol. The molecule has 2 N–H and O–H groups in total. The summed E-state index contributed by atoms with van der Waals surface area (Å²) in [5.74, 6) is 0.471. The van der Waals surface area contributed by atoms with Gasteiger partial charge in [-0.2, -0.15) is 0 Å². The molecule has 6 heteroatoms. The van der Waals surface area contributed by atoms with Crippen molar-refractivity contribution in [3.05, 3.63) is 11.5 Å². The first-order chi connectivity index (χ1) is 6.45. The van der Waals surface area contributed by atoms with Gasteiger partial charge >= 0.3 is 0 Å². The van der Waals surface area contributed by atoms with Crippen molar-refractivity contribution in [3.63, 3.8) is 0 Å². The molecule has 1 unspecified atom stereocenters. The summed E-state index contributed by atoms with van der Waals surface area (Å²) < 4.78 is 4.96. The molecule has 5 nitrogen and oxygen atoms in total. The van der Waals surface area contributed by atoms with E-state index in [0.29, 0.717) is 17.1 Å². The molecular formula is C9H16ClN3O2. The third kappa shape index (κ3) is 2.70. The second-order valence-corrected chi connectivity index (χ2v) is 3.36. The third-order valence-electron chi connectivity index (χ3n) is 2.05. The van der Waals surface area contributed by atoms with Gasteiger partial charge in [-0.25, -0.2) is 0 Å². The second kappa shape index (κ2) is 5.14. The quantitative estimate of drug-likeness (QED) is 0.828. The summed E-state index contributed by atoms with van der Waals surface area (Å²) in [7, 11) is 1.66. The normalized spacial score (nSPS) is 11.8. The molecule has 1 rings (SSSR count). The van der Waals surface area contributed by atoms with E-state index in [1.54, 1.807) is 27.8 Å². The molecule has 0 spiro atoms. The van der Waals surface area contributed by atoms with Crippen LogP contribution in [0.1, 0.15) is 18.4 Å². The van der Waals surface area contributed by atoms with Gasteiger partial charge in [-0.3, -0.25) is 4.79 Å². The van der Waals surface area contributed by atoms with E-state index in [0.717, 1.165) is 0 Å². The van der Waals surface area contributed by atoms with Gasteiger partial charge in [0.05, 0.1) is 6.04 Å². The number of carbonyl (C=O) groups is 1. The van der Waals surface area contributed by atoms with Crippen LogP contribution in [-0.4, -0.2) is 24.2 Å². The largest absolute Gasteiger partial charge is 0.359 e. The van der Waals surface area contributed by atoms with Crippen LogP contribution in [0, 0.1) is 13.8 Å². The maximum absolute atomic E-state index is 11.6. The topological polar surface area (TPSA) is 72.4 Å². The minimum absolute atomic E-state index is 0. The number of nitrogens with two attached hydrogens (primary N) is 1. The number of rotatable bonds is 2. The molecule has 86 valence electrons. The second-order valence-electron chi connectivity index (χ2n) is 3.36. The monoisotopic (exact) mass is 233 g/mol. The van der Waals surface area contributed by atoms with Crippen LogP contribution in [0.5, 0.6) is 0 Å². The summed E-state index contributed by atoms with van der Waals surface area (Å²) in [5, 5.41) is 3.77. The van der Waals surface area contributed by atoms with Gasteiger partial charge in [0.2, 0.25) is 5.91 Å². The molecule has 0 bridgehead atoms. The molecule has 0 aliphatic heterocycles. The lowest BCUT2D eigenvalue weighted by Crippen LogP contribution is -2.40. The van der Waals surface area contributed by atoms with Crippen LogP contribution in [0.4, 0.5) is 5.69 Å². The van der Waals surface area contributed by atoms with E-state index < -0.39 is 6.04 Å². The standard InChI is InChI=1S/C9H15N3O2.ClH/c1-5(10)9(13)12(4)8-6(2)11-14-7(8)3;/h5H,10H2,1-4H3;1H. The van der Waals surface area contributed by atoms with Gasteiger partial charge < -0.3 is 15.2 Å². The molecule has 1 aromatic rings. The van der Waals surface area contributed by atoms with E-state index in [2.05, 4.69) is 5.16 Å². The predicted molar refractivity (Wildman–Crippen MR) is 60.3 cm³/mol. The maximum Gasteiger partial charge on any atom is 0.243 e. The number of hydrogen-bond acceptors (Lipinski definition) is 4. The number of hydrogen-bond donors (Lipinski definition) is 1. The van der Waals surface area contributed by atoms with Crippen molar-refractivity contribution < 1.29 is 9.32 Å². The Kier molecular flexibility index (Phi) is 4.77. The van der Waals surface area contributed by atoms with Gasteiger partial charge in [-0.15, -0.1) is 12.4 Å². The highest BCUT2D eigenvalue weighted by atomic mass is 35.5. The van der Waals surface area contributed by atoms with Gasteiger partial charge in [-0.1, -0.05) is 5.16 Å². The Balaban J connectivity index is 0.00000196. The summed E-state index contributed by atoms with van der Waals surface area (Å²) in [4.78, 5) is 13.1.